The lowest BCUT2D eigenvalue weighted by Crippen LogP contribution is -1.98. The van der Waals surface area contributed by atoms with Crippen molar-refractivity contribution >= 4 is 6.29 Å². The summed E-state index contributed by atoms with van der Waals surface area (Å²) in [5.41, 5.74) is 1.26. The molecule has 0 fully saturated rings. The van der Waals surface area contributed by atoms with Gasteiger partial charge in [0.25, 0.3) is 0 Å². The van der Waals surface area contributed by atoms with Crippen LogP contribution in [0.15, 0.2) is 35.9 Å². The zero-order chi connectivity index (χ0) is 11.3. The molecule has 3 nitrogen and oxygen atoms in total. The summed E-state index contributed by atoms with van der Waals surface area (Å²) in [6.45, 7) is 1.76. The van der Waals surface area contributed by atoms with Gasteiger partial charge in [0.15, 0.2) is 0 Å². The monoisotopic (exact) mass is 206 g/mol. The number of rotatable bonds is 4. The molecule has 0 spiro atoms. The largest absolute Gasteiger partial charge is 0.508 e. The van der Waals surface area contributed by atoms with E-state index in [0.29, 0.717) is 18.3 Å². The number of benzene rings is 1. The molecule has 3 heteroatoms. The molecule has 0 bridgehead atoms. The highest BCUT2D eigenvalue weighted by molar-refractivity contribution is 5.65. The summed E-state index contributed by atoms with van der Waals surface area (Å²) in [4.78, 5) is 10.2. The van der Waals surface area contributed by atoms with Crippen LogP contribution in [0.25, 0.3) is 0 Å². The Morgan fingerprint density at radius 3 is 2.73 bits per heavy atom. The fourth-order valence-corrected chi connectivity index (χ4v) is 1.37. The fraction of sp³-hybridized carbons (Fsp3) is 0.250. The van der Waals surface area contributed by atoms with Crippen molar-refractivity contribution in [2.45, 2.75) is 19.4 Å². The maximum atomic E-state index is 10.2. The van der Waals surface area contributed by atoms with Gasteiger partial charge in [-0.05, 0) is 25.5 Å². The first-order valence-corrected chi connectivity index (χ1v) is 4.72. The summed E-state index contributed by atoms with van der Waals surface area (Å²) in [5.74, 6) is 0.0731. The van der Waals surface area contributed by atoms with Crippen molar-refractivity contribution in [2.75, 3.05) is 0 Å². The first-order valence-electron chi connectivity index (χ1n) is 4.72. The van der Waals surface area contributed by atoms with Gasteiger partial charge in [-0.2, -0.15) is 0 Å². The van der Waals surface area contributed by atoms with Crippen molar-refractivity contribution in [2.24, 2.45) is 0 Å². The SMILES string of the molecule is C/C(=C/C=O)CC(O)c1ccccc1O. The van der Waals surface area contributed by atoms with E-state index in [1.165, 1.54) is 12.1 Å². The van der Waals surface area contributed by atoms with Crippen molar-refractivity contribution < 1.29 is 15.0 Å². The summed E-state index contributed by atoms with van der Waals surface area (Å²) < 4.78 is 0. The Labute approximate surface area is 88.7 Å². The lowest BCUT2D eigenvalue weighted by molar-refractivity contribution is -0.104. The highest BCUT2D eigenvalue weighted by Gasteiger charge is 2.11. The molecule has 1 aromatic rings. The average molecular weight is 206 g/mol. The summed E-state index contributed by atoms with van der Waals surface area (Å²) in [6, 6.07) is 6.63. The van der Waals surface area contributed by atoms with Gasteiger partial charge in [0, 0.05) is 5.56 Å². The summed E-state index contributed by atoms with van der Waals surface area (Å²) in [7, 11) is 0. The number of hydrogen-bond acceptors (Lipinski definition) is 3. The summed E-state index contributed by atoms with van der Waals surface area (Å²) in [6.07, 6.45) is 1.66. The molecule has 0 heterocycles. The van der Waals surface area contributed by atoms with E-state index >= 15 is 0 Å². The van der Waals surface area contributed by atoms with Crippen LogP contribution >= 0.6 is 0 Å². The van der Waals surface area contributed by atoms with Crippen LogP contribution in [0.1, 0.15) is 25.0 Å². The molecule has 0 aliphatic carbocycles. The van der Waals surface area contributed by atoms with Gasteiger partial charge < -0.3 is 10.2 Å². The predicted molar refractivity (Wildman–Crippen MR) is 57.5 cm³/mol. The van der Waals surface area contributed by atoms with E-state index in [4.69, 9.17) is 0 Å². The molecule has 0 saturated heterocycles. The Balaban J connectivity index is 2.77. The van der Waals surface area contributed by atoms with Crippen molar-refractivity contribution in [3.8, 4) is 5.75 Å². The van der Waals surface area contributed by atoms with Crippen LogP contribution in [-0.4, -0.2) is 16.5 Å². The topological polar surface area (TPSA) is 57.5 Å². The number of phenolic OH excluding ortho intramolecular Hbond substituents is 1. The second-order valence-electron chi connectivity index (χ2n) is 3.43. The Morgan fingerprint density at radius 1 is 1.47 bits per heavy atom. The maximum Gasteiger partial charge on any atom is 0.142 e. The molecule has 2 N–H and O–H groups in total. The molecule has 80 valence electrons. The first kappa shape index (κ1) is 11.5. The number of aliphatic hydroxyl groups excluding tert-OH is 1. The van der Waals surface area contributed by atoms with Crippen LogP contribution in [0.4, 0.5) is 0 Å². The zero-order valence-electron chi connectivity index (χ0n) is 8.55. The molecule has 0 amide bonds. The fourth-order valence-electron chi connectivity index (χ4n) is 1.37. The minimum atomic E-state index is -0.776. The number of aromatic hydroxyl groups is 1. The van der Waals surface area contributed by atoms with E-state index in [1.54, 1.807) is 25.1 Å². The van der Waals surface area contributed by atoms with E-state index in [-0.39, 0.29) is 5.75 Å². The molecule has 1 rings (SSSR count). The van der Waals surface area contributed by atoms with Gasteiger partial charge in [0.05, 0.1) is 6.10 Å². The Bertz CT molecular complexity index is 369. The average Bonchev–Trinajstić information content (AvgIpc) is 2.18. The highest BCUT2D eigenvalue weighted by Crippen LogP contribution is 2.27. The third kappa shape index (κ3) is 3.22. The molecule has 0 aliphatic heterocycles. The molecule has 0 aliphatic rings. The van der Waals surface area contributed by atoms with E-state index in [1.807, 2.05) is 0 Å². The van der Waals surface area contributed by atoms with Crippen molar-refractivity contribution in [3.63, 3.8) is 0 Å². The smallest absolute Gasteiger partial charge is 0.142 e. The molecule has 1 unspecified atom stereocenters. The number of carbonyl (C=O) groups excluding carboxylic acids is 1. The Kier molecular flexibility index (Phi) is 4.06. The van der Waals surface area contributed by atoms with Gasteiger partial charge in [-0.1, -0.05) is 23.8 Å². The predicted octanol–water partition coefficient (Wildman–Crippen LogP) is 1.96. The minimum Gasteiger partial charge on any atom is -0.508 e. The van der Waals surface area contributed by atoms with Crippen LogP contribution in [0.2, 0.25) is 0 Å². The second-order valence-corrected chi connectivity index (χ2v) is 3.43. The second kappa shape index (κ2) is 5.32. The van der Waals surface area contributed by atoms with E-state index < -0.39 is 6.10 Å². The number of para-hydroxylation sites is 1. The van der Waals surface area contributed by atoms with Crippen LogP contribution in [0, 0.1) is 0 Å². The number of allylic oxidation sites excluding steroid dienone is 1. The van der Waals surface area contributed by atoms with E-state index in [9.17, 15) is 15.0 Å². The van der Waals surface area contributed by atoms with Crippen LogP contribution < -0.4 is 0 Å². The molecule has 0 aromatic heterocycles. The van der Waals surface area contributed by atoms with Crippen molar-refractivity contribution in [3.05, 3.63) is 41.5 Å². The van der Waals surface area contributed by atoms with Crippen LogP contribution in [-0.2, 0) is 4.79 Å². The van der Waals surface area contributed by atoms with Gasteiger partial charge >= 0.3 is 0 Å². The van der Waals surface area contributed by atoms with Crippen molar-refractivity contribution in [1.29, 1.82) is 0 Å². The normalized spacial score (nSPS) is 13.6. The standard InChI is InChI=1S/C12H14O3/c1-9(6-7-13)8-12(15)10-4-2-3-5-11(10)14/h2-7,12,14-15H,8H2,1H3/b9-6-. The molecule has 1 atom stereocenters. The zero-order valence-corrected chi connectivity index (χ0v) is 8.55. The number of phenols is 1. The van der Waals surface area contributed by atoms with E-state index in [0.717, 1.165) is 5.57 Å². The summed E-state index contributed by atoms with van der Waals surface area (Å²) >= 11 is 0. The molecule has 0 saturated carbocycles. The Hall–Kier alpha value is -1.61. The quantitative estimate of drug-likeness (QED) is 0.585. The molecular weight excluding hydrogens is 192 g/mol. The Morgan fingerprint density at radius 2 is 2.13 bits per heavy atom. The first-order chi connectivity index (χ1) is 7.15. The van der Waals surface area contributed by atoms with Gasteiger partial charge in [-0.25, -0.2) is 0 Å². The number of carbonyl (C=O) groups is 1. The third-order valence-corrected chi connectivity index (χ3v) is 2.16. The number of aliphatic hydroxyl groups is 1. The molecule has 0 radical (unpaired) electrons. The van der Waals surface area contributed by atoms with Crippen LogP contribution in [0.5, 0.6) is 5.75 Å². The lowest BCUT2D eigenvalue weighted by atomic mass is 10.0. The highest BCUT2D eigenvalue weighted by atomic mass is 16.3. The van der Waals surface area contributed by atoms with Gasteiger partial charge in [-0.15, -0.1) is 0 Å². The van der Waals surface area contributed by atoms with Crippen LogP contribution in [0.3, 0.4) is 0 Å². The van der Waals surface area contributed by atoms with Crippen molar-refractivity contribution in [1.82, 2.24) is 0 Å². The number of hydrogen-bond donors (Lipinski definition) is 2. The van der Waals surface area contributed by atoms with Gasteiger partial charge in [-0.3, -0.25) is 4.79 Å². The lowest BCUT2D eigenvalue weighted by Gasteiger charge is -2.12. The summed E-state index contributed by atoms with van der Waals surface area (Å²) in [5, 5.41) is 19.3. The van der Waals surface area contributed by atoms with E-state index in [2.05, 4.69) is 0 Å². The molecular formula is C12H14O3. The maximum absolute atomic E-state index is 10.2. The molecule has 1 aromatic carbocycles. The van der Waals surface area contributed by atoms with Gasteiger partial charge in [0.2, 0.25) is 0 Å². The minimum absolute atomic E-state index is 0.0731. The third-order valence-electron chi connectivity index (χ3n) is 2.16. The van der Waals surface area contributed by atoms with Gasteiger partial charge in [0.1, 0.15) is 12.0 Å². The molecule has 15 heavy (non-hydrogen) atoms. The number of aldehydes is 1.